The van der Waals surface area contributed by atoms with Crippen LogP contribution in [0.25, 0.3) is 11.0 Å². The number of pyridine rings is 3. The van der Waals surface area contributed by atoms with Crippen molar-refractivity contribution in [2.24, 2.45) is 5.92 Å². The van der Waals surface area contributed by atoms with Crippen molar-refractivity contribution in [3.05, 3.63) is 63.8 Å². The molecule has 1 atom stereocenters. The molecular weight excluding hydrogens is 416 g/mol. The first-order valence-corrected chi connectivity index (χ1v) is 11.7. The number of hydrogen-bond donors (Lipinski definition) is 2. The van der Waals surface area contributed by atoms with Gasteiger partial charge in [-0.25, -0.2) is 4.98 Å². The lowest BCUT2D eigenvalue weighted by Crippen LogP contribution is -2.54. The van der Waals surface area contributed by atoms with Crippen LogP contribution >= 0.6 is 0 Å². The number of aromatic nitrogens is 3. The van der Waals surface area contributed by atoms with Crippen molar-refractivity contribution in [3.63, 3.8) is 0 Å². The largest absolute Gasteiger partial charge is 0.364 e. The van der Waals surface area contributed by atoms with Gasteiger partial charge in [-0.05, 0) is 55.0 Å². The summed E-state index contributed by atoms with van der Waals surface area (Å²) in [5, 5.41) is 2.62. The van der Waals surface area contributed by atoms with Crippen LogP contribution in [0.15, 0.2) is 41.5 Å². The molecule has 2 fully saturated rings. The average Bonchev–Trinajstić information content (AvgIpc) is 3.69. The summed E-state index contributed by atoms with van der Waals surface area (Å²) in [4.78, 5) is 40.9. The van der Waals surface area contributed by atoms with Crippen molar-refractivity contribution in [2.75, 3.05) is 31.6 Å². The van der Waals surface area contributed by atoms with Crippen LogP contribution in [0.3, 0.4) is 0 Å². The van der Waals surface area contributed by atoms with Crippen molar-refractivity contribution in [1.29, 1.82) is 0 Å². The highest BCUT2D eigenvalue weighted by molar-refractivity contribution is 5.92. The summed E-state index contributed by atoms with van der Waals surface area (Å²) in [6.07, 6.45) is 6.98. The third-order valence-corrected chi connectivity index (χ3v) is 6.82. The maximum absolute atomic E-state index is 12.2. The van der Waals surface area contributed by atoms with Gasteiger partial charge < -0.3 is 15.2 Å². The molecule has 1 aliphatic carbocycles. The first-order valence-electron chi connectivity index (χ1n) is 11.7. The predicted octanol–water partition coefficient (Wildman–Crippen LogP) is 2.34. The molecule has 3 aromatic rings. The first-order chi connectivity index (χ1) is 16.1. The van der Waals surface area contributed by atoms with E-state index in [9.17, 15) is 9.59 Å². The average molecular weight is 447 g/mol. The Bertz CT molecular complexity index is 1220. The molecule has 33 heavy (non-hydrogen) atoms. The minimum absolute atomic E-state index is 0.0255. The van der Waals surface area contributed by atoms with Crippen molar-refractivity contribution < 1.29 is 4.79 Å². The minimum Gasteiger partial charge on any atom is -0.364 e. The zero-order chi connectivity index (χ0) is 22.9. The van der Waals surface area contributed by atoms with E-state index in [4.69, 9.17) is 0 Å². The molecular formula is C25H30N6O2. The predicted molar refractivity (Wildman–Crippen MR) is 129 cm³/mol. The van der Waals surface area contributed by atoms with Gasteiger partial charge in [0.15, 0.2) is 0 Å². The van der Waals surface area contributed by atoms with Gasteiger partial charge in [-0.3, -0.25) is 19.5 Å². The molecule has 5 rings (SSSR count). The second kappa shape index (κ2) is 8.94. The molecule has 4 heterocycles. The SMILES string of the molecule is CCc1cc2ncc(CN3CCN(c4ccc(C(=O)NC)nc4)[C@H](C4CC4)C3)cc2[nH]c1=O. The zero-order valence-corrected chi connectivity index (χ0v) is 19.2. The van der Waals surface area contributed by atoms with E-state index in [0.717, 1.165) is 54.0 Å². The van der Waals surface area contributed by atoms with E-state index in [1.165, 1.54) is 12.8 Å². The topological polar surface area (TPSA) is 94.2 Å². The number of carbonyl (C=O) groups is 1. The smallest absolute Gasteiger partial charge is 0.269 e. The Labute approximate surface area is 193 Å². The maximum Gasteiger partial charge on any atom is 0.269 e. The van der Waals surface area contributed by atoms with Gasteiger partial charge >= 0.3 is 0 Å². The molecule has 1 saturated heterocycles. The fourth-order valence-electron chi connectivity index (χ4n) is 4.81. The lowest BCUT2D eigenvalue weighted by atomic mass is 10.0. The molecule has 0 aromatic carbocycles. The second-order valence-corrected chi connectivity index (χ2v) is 9.07. The van der Waals surface area contributed by atoms with Crippen LogP contribution in [0.4, 0.5) is 5.69 Å². The van der Waals surface area contributed by atoms with Gasteiger partial charge in [0, 0.05) is 51.0 Å². The number of aryl methyl sites for hydroxylation is 1. The molecule has 8 nitrogen and oxygen atoms in total. The Hall–Kier alpha value is -3.26. The normalized spacial score (nSPS) is 19.1. The molecule has 1 saturated carbocycles. The van der Waals surface area contributed by atoms with Crippen molar-refractivity contribution in [2.45, 2.75) is 38.8 Å². The van der Waals surface area contributed by atoms with E-state index < -0.39 is 0 Å². The van der Waals surface area contributed by atoms with Crippen LogP contribution in [0.5, 0.6) is 0 Å². The van der Waals surface area contributed by atoms with Gasteiger partial charge in [0.25, 0.3) is 11.5 Å². The molecule has 0 bridgehead atoms. The number of carbonyl (C=O) groups excluding carboxylic acids is 1. The van der Waals surface area contributed by atoms with Crippen LogP contribution in [0.1, 0.15) is 41.4 Å². The monoisotopic (exact) mass is 446 g/mol. The molecule has 2 N–H and O–H groups in total. The molecule has 0 radical (unpaired) electrons. The van der Waals surface area contributed by atoms with Crippen LogP contribution in [-0.4, -0.2) is 58.5 Å². The van der Waals surface area contributed by atoms with E-state index in [2.05, 4.69) is 36.1 Å². The fraction of sp³-hybridized carbons (Fsp3) is 0.440. The summed E-state index contributed by atoms with van der Waals surface area (Å²) in [5.41, 5.74) is 5.01. The third-order valence-electron chi connectivity index (χ3n) is 6.82. The van der Waals surface area contributed by atoms with Gasteiger partial charge in [-0.2, -0.15) is 0 Å². The number of amides is 1. The van der Waals surface area contributed by atoms with Gasteiger partial charge in [-0.15, -0.1) is 0 Å². The Morgan fingerprint density at radius 2 is 2.03 bits per heavy atom. The second-order valence-electron chi connectivity index (χ2n) is 9.07. The van der Waals surface area contributed by atoms with E-state index in [-0.39, 0.29) is 11.5 Å². The van der Waals surface area contributed by atoms with E-state index in [1.807, 2.05) is 31.5 Å². The summed E-state index contributed by atoms with van der Waals surface area (Å²) in [6, 6.07) is 8.20. The van der Waals surface area contributed by atoms with Gasteiger partial charge in [0.05, 0.1) is 22.9 Å². The van der Waals surface area contributed by atoms with E-state index in [0.29, 0.717) is 24.1 Å². The molecule has 2 aliphatic rings. The van der Waals surface area contributed by atoms with Crippen LogP contribution in [0, 0.1) is 5.92 Å². The van der Waals surface area contributed by atoms with E-state index >= 15 is 0 Å². The zero-order valence-electron chi connectivity index (χ0n) is 19.2. The molecule has 8 heteroatoms. The maximum atomic E-state index is 12.2. The number of anilines is 1. The van der Waals surface area contributed by atoms with Crippen LogP contribution < -0.4 is 15.8 Å². The highest BCUT2D eigenvalue weighted by Gasteiger charge is 2.39. The van der Waals surface area contributed by atoms with E-state index in [1.54, 1.807) is 13.1 Å². The molecule has 1 amide bonds. The number of nitrogens with one attached hydrogen (secondary N) is 2. The van der Waals surface area contributed by atoms with Gasteiger partial charge in [0.2, 0.25) is 0 Å². The standard InChI is InChI=1S/C25H30N6O2/c1-3-17-11-21-22(29-24(17)32)10-16(12-27-21)14-30-8-9-31(23(15-30)18-4-5-18)19-6-7-20(28-13-19)25(33)26-2/h6-7,10-13,18,23H,3-5,8-9,14-15H2,1-2H3,(H,26,33)(H,29,32)/t23-/m0/s1. The number of fused-ring (bicyclic) bond motifs is 1. The number of hydrogen-bond acceptors (Lipinski definition) is 6. The molecule has 3 aromatic heterocycles. The molecule has 172 valence electrons. The van der Waals surface area contributed by atoms with Crippen molar-refractivity contribution >= 4 is 22.6 Å². The van der Waals surface area contributed by atoms with Crippen molar-refractivity contribution in [1.82, 2.24) is 25.2 Å². The number of H-pyrrole nitrogens is 1. The quantitative estimate of drug-likeness (QED) is 0.604. The number of aromatic amines is 1. The van der Waals surface area contributed by atoms with Gasteiger partial charge in [0.1, 0.15) is 5.69 Å². The van der Waals surface area contributed by atoms with Gasteiger partial charge in [-0.1, -0.05) is 6.92 Å². The Morgan fingerprint density at radius 3 is 2.73 bits per heavy atom. The summed E-state index contributed by atoms with van der Waals surface area (Å²) in [5.74, 6) is 0.534. The minimum atomic E-state index is -0.165. The highest BCUT2D eigenvalue weighted by atomic mass is 16.1. The lowest BCUT2D eigenvalue weighted by molar-refractivity contribution is 0.0958. The van der Waals surface area contributed by atoms with Crippen molar-refractivity contribution in [3.8, 4) is 0 Å². The van der Waals surface area contributed by atoms with Crippen LogP contribution in [0.2, 0.25) is 0 Å². The summed E-state index contributed by atoms with van der Waals surface area (Å²) < 4.78 is 0. The lowest BCUT2D eigenvalue weighted by Gasteiger charge is -2.43. The number of rotatable bonds is 6. The Kier molecular flexibility index (Phi) is 5.85. The number of piperazine rings is 1. The molecule has 0 spiro atoms. The summed E-state index contributed by atoms with van der Waals surface area (Å²) in [7, 11) is 1.62. The molecule has 1 aliphatic heterocycles. The Morgan fingerprint density at radius 1 is 1.18 bits per heavy atom. The third kappa shape index (κ3) is 4.48. The molecule has 0 unspecified atom stereocenters. The number of nitrogens with zero attached hydrogens (tertiary/aromatic N) is 4. The highest BCUT2D eigenvalue weighted by Crippen LogP contribution is 2.38. The summed E-state index contributed by atoms with van der Waals surface area (Å²) in [6.45, 7) is 5.62. The van der Waals surface area contributed by atoms with Crippen LogP contribution in [-0.2, 0) is 13.0 Å². The fourth-order valence-corrected chi connectivity index (χ4v) is 4.81. The summed E-state index contributed by atoms with van der Waals surface area (Å²) >= 11 is 0. The first kappa shape index (κ1) is 21.6. The Balaban J connectivity index is 1.31.